The van der Waals surface area contributed by atoms with Crippen molar-refractivity contribution in [1.82, 2.24) is 9.97 Å². The molecule has 4 rings (SSSR count). The molecule has 0 bridgehead atoms. The summed E-state index contributed by atoms with van der Waals surface area (Å²) in [4.78, 5) is 23.7. The topological polar surface area (TPSA) is 58.1 Å². The molecule has 5 heteroatoms. The summed E-state index contributed by atoms with van der Waals surface area (Å²) < 4.78 is 0. The second-order valence-corrected chi connectivity index (χ2v) is 6.33. The van der Waals surface area contributed by atoms with E-state index in [1.54, 1.807) is 6.07 Å². The Labute approximate surface area is 135 Å². The summed E-state index contributed by atoms with van der Waals surface area (Å²) >= 11 is 0. The molecular formula is C18H20N4O. The number of anilines is 2. The van der Waals surface area contributed by atoms with Gasteiger partial charge in [0.15, 0.2) is 0 Å². The van der Waals surface area contributed by atoms with Gasteiger partial charge >= 0.3 is 0 Å². The zero-order valence-electron chi connectivity index (χ0n) is 13.2. The Morgan fingerprint density at radius 2 is 2.09 bits per heavy atom. The van der Waals surface area contributed by atoms with Crippen LogP contribution in [0, 0.1) is 6.92 Å². The Hall–Kier alpha value is -2.43. The van der Waals surface area contributed by atoms with E-state index >= 15 is 0 Å². The standard InChI is InChI=1S/C18H20N4O/c1-12-11-15(21-18(19-12)20-14-8-9-14)17(23)22-10-4-6-13-5-2-3-7-16(13)22/h2-3,5,7,11,14H,4,6,8-10H2,1H3,(H,19,20,21). The van der Waals surface area contributed by atoms with Crippen molar-refractivity contribution in [3.05, 3.63) is 47.3 Å². The van der Waals surface area contributed by atoms with Gasteiger partial charge in [0.25, 0.3) is 5.91 Å². The average Bonchev–Trinajstić information content (AvgIpc) is 3.37. The first-order chi connectivity index (χ1) is 11.2. The fraction of sp³-hybridized carbons (Fsp3) is 0.389. The Bertz CT molecular complexity index is 754. The number of benzene rings is 1. The third-order valence-corrected chi connectivity index (χ3v) is 4.34. The molecular weight excluding hydrogens is 288 g/mol. The van der Waals surface area contributed by atoms with Crippen molar-refractivity contribution in [3.8, 4) is 0 Å². The summed E-state index contributed by atoms with van der Waals surface area (Å²) in [6, 6.07) is 10.4. The number of aromatic nitrogens is 2. The summed E-state index contributed by atoms with van der Waals surface area (Å²) in [5.41, 5.74) is 3.53. The second kappa shape index (κ2) is 5.65. The van der Waals surface area contributed by atoms with Crippen LogP contribution in [0.2, 0.25) is 0 Å². The molecule has 1 aliphatic carbocycles. The van der Waals surface area contributed by atoms with Gasteiger partial charge in [0, 0.05) is 24.0 Å². The zero-order chi connectivity index (χ0) is 15.8. The lowest BCUT2D eigenvalue weighted by Gasteiger charge is -2.29. The van der Waals surface area contributed by atoms with E-state index in [-0.39, 0.29) is 5.91 Å². The number of amides is 1. The lowest BCUT2D eigenvalue weighted by molar-refractivity contribution is 0.0980. The molecule has 1 saturated carbocycles. The monoisotopic (exact) mass is 308 g/mol. The van der Waals surface area contributed by atoms with Gasteiger partial charge in [-0.2, -0.15) is 0 Å². The van der Waals surface area contributed by atoms with Gasteiger partial charge in [-0.1, -0.05) is 18.2 Å². The molecule has 0 saturated heterocycles. The molecule has 1 N–H and O–H groups in total. The Morgan fingerprint density at radius 1 is 1.26 bits per heavy atom. The van der Waals surface area contributed by atoms with Crippen LogP contribution in [0.5, 0.6) is 0 Å². The molecule has 5 nitrogen and oxygen atoms in total. The van der Waals surface area contributed by atoms with E-state index in [0.29, 0.717) is 17.7 Å². The van der Waals surface area contributed by atoms with Crippen LogP contribution < -0.4 is 10.2 Å². The highest BCUT2D eigenvalue weighted by Gasteiger charge is 2.26. The molecule has 2 heterocycles. The van der Waals surface area contributed by atoms with Gasteiger partial charge < -0.3 is 10.2 Å². The van der Waals surface area contributed by atoms with E-state index in [0.717, 1.165) is 43.6 Å². The number of nitrogens with one attached hydrogen (secondary N) is 1. The highest BCUT2D eigenvalue weighted by molar-refractivity contribution is 6.05. The van der Waals surface area contributed by atoms with Gasteiger partial charge in [0.05, 0.1) is 0 Å². The van der Waals surface area contributed by atoms with Gasteiger partial charge in [0.1, 0.15) is 5.69 Å². The van der Waals surface area contributed by atoms with Gasteiger partial charge in [-0.3, -0.25) is 4.79 Å². The number of aryl methyl sites for hydroxylation is 2. The van der Waals surface area contributed by atoms with Gasteiger partial charge in [-0.25, -0.2) is 9.97 Å². The van der Waals surface area contributed by atoms with E-state index in [2.05, 4.69) is 21.4 Å². The first kappa shape index (κ1) is 14.2. The minimum atomic E-state index is -0.0403. The van der Waals surface area contributed by atoms with Crippen LogP contribution in [-0.2, 0) is 6.42 Å². The third kappa shape index (κ3) is 2.91. The van der Waals surface area contributed by atoms with Crippen LogP contribution in [-0.4, -0.2) is 28.5 Å². The lowest BCUT2D eigenvalue weighted by Crippen LogP contribution is -2.36. The number of para-hydroxylation sites is 1. The van der Waals surface area contributed by atoms with Crippen LogP contribution in [0.1, 0.15) is 41.0 Å². The molecule has 1 amide bonds. The normalized spacial score (nSPS) is 16.8. The van der Waals surface area contributed by atoms with E-state index in [1.807, 2.05) is 30.0 Å². The molecule has 0 atom stereocenters. The predicted octanol–water partition coefficient (Wildman–Crippen LogP) is 2.95. The first-order valence-corrected chi connectivity index (χ1v) is 8.23. The number of carbonyl (C=O) groups is 1. The first-order valence-electron chi connectivity index (χ1n) is 8.23. The van der Waals surface area contributed by atoms with E-state index in [1.165, 1.54) is 5.56 Å². The quantitative estimate of drug-likeness (QED) is 0.947. The molecule has 0 radical (unpaired) electrons. The molecule has 0 spiro atoms. The van der Waals surface area contributed by atoms with Crippen molar-refractivity contribution >= 4 is 17.5 Å². The highest BCUT2D eigenvalue weighted by atomic mass is 16.2. The molecule has 2 aromatic rings. The van der Waals surface area contributed by atoms with Crippen molar-refractivity contribution in [2.24, 2.45) is 0 Å². The summed E-state index contributed by atoms with van der Waals surface area (Å²) in [5.74, 6) is 0.530. The molecule has 1 aromatic heterocycles. The number of fused-ring (bicyclic) bond motifs is 1. The van der Waals surface area contributed by atoms with Crippen molar-refractivity contribution in [2.45, 2.75) is 38.6 Å². The van der Waals surface area contributed by atoms with E-state index in [9.17, 15) is 4.79 Å². The zero-order valence-corrected chi connectivity index (χ0v) is 13.2. The number of hydrogen-bond donors (Lipinski definition) is 1. The van der Waals surface area contributed by atoms with Crippen LogP contribution in [0.4, 0.5) is 11.6 Å². The predicted molar refractivity (Wildman–Crippen MR) is 89.9 cm³/mol. The fourth-order valence-corrected chi connectivity index (χ4v) is 3.04. The van der Waals surface area contributed by atoms with Crippen molar-refractivity contribution in [2.75, 3.05) is 16.8 Å². The summed E-state index contributed by atoms with van der Waals surface area (Å²) in [6.07, 6.45) is 4.32. The number of carbonyl (C=O) groups excluding carboxylic acids is 1. The maximum Gasteiger partial charge on any atom is 0.277 e. The fourth-order valence-electron chi connectivity index (χ4n) is 3.04. The largest absolute Gasteiger partial charge is 0.351 e. The molecule has 0 unspecified atom stereocenters. The minimum Gasteiger partial charge on any atom is -0.351 e. The average molecular weight is 308 g/mol. The summed E-state index contributed by atoms with van der Waals surface area (Å²) in [5, 5.41) is 3.28. The lowest BCUT2D eigenvalue weighted by atomic mass is 10.0. The second-order valence-electron chi connectivity index (χ2n) is 6.33. The molecule has 1 aromatic carbocycles. The number of hydrogen-bond acceptors (Lipinski definition) is 4. The molecule has 2 aliphatic rings. The van der Waals surface area contributed by atoms with E-state index in [4.69, 9.17) is 0 Å². The highest BCUT2D eigenvalue weighted by Crippen LogP contribution is 2.28. The van der Waals surface area contributed by atoms with Crippen molar-refractivity contribution < 1.29 is 4.79 Å². The smallest absolute Gasteiger partial charge is 0.277 e. The maximum atomic E-state index is 13.0. The van der Waals surface area contributed by atoms with Gasteiger partial charge in [-0.15, -0.1) is 0 Å². The van der Waals surface area contributed by atoms with Crippen LogP contribution in [0.3, 0.4) is 0 Å². The number of nitrogens with zero attached hydrogens (tertiary/aromatic N) is 3. The molecule has 1 fully saturated rings. The van der Waals surface area contributed by atoms with Crippen LogP contribution in [0.25, 0.3) is 0 Å². The number of rotatable bonds is 3. The molecule has 1 aliphatic heterocycles. The van der Waals surface area contributed by atoms with Gasteiger partial charge in [-0.05, 0) is 50.3 Å². The molecule has 118 valence electrons. The maximum absolute atomic E-state index is 13.0. The Morgan fingerprint density at radius 3 is 2.91 bits per heavy atom. The summed E-state index contributed by atoms with van der Waals surface area (Å²) in [6.45, 7) is 2.64. The van der Waals surface area contributed by atoms with Crippen molar-refractivity contribution in [1.29, 1.82) is 0 Å². The van der Waals surface area contributed by atoms with Crippen LogP contribution >= 0.6 is 0 Å². The minimum absolute atomic E-state index is 0.0403. The summed E-state index contributed by atoms with van der Waals surface area (Å²) in [7, 11) is 0. The van der Waals surface area contributed by atoms with Crippen molar-refractivity contribution in [3.63, 3.8) is 0 Å². The Balaban J connectivity index is 1.65. The van der Waals surface area contributed by atoms with E-state index < -0.39 is 0 Å². The van der Waals surface area contributed by atoms with Gasteiger partial charge in [0.2, 0.25) is 5.95 Å². The van der Waals surface area contributed by atoms with Crippen LogP contribution in [0.15, 0.2) is 30.3 Å². The Kier molecular flexibility index (Phi) is 3.48. The molecule has 23 heavy (non-hydrogen) atoms. The SMILES string of the molecule is Cc1cc(C(=O)N2CCCc3ccccc32)nc(NC2CC2)n1. The third-order valence-electron chi connectivity index (χ3n) is 4.34.